The Morgan fingerprint density at radius 1 is 1.29 bits per heavy atom. The number of amides is 1. The molecule has 1 heterocycles. The number of carbonyl (C=O) groups excluding carboxylic acids is 1. The van der Waals surface area contributed by atoms with E-state index in [0.29, 0.717) is 12.1 Å². The standard InChI is InChI=1S/C17H16ClF3N2O4S/c18-14-6-3-11(17(19,20)21)8-15(14)28(25,26)23(9-13-2-1-7-27-13)10-16(24)22-12-4-5-12/h1-3,6-8,12H,4-5,9-10H2,(H,22,24). The molecule has 1 aliphatic carbocycles. The first kappa shape index (κ1) is 20.7. The zero-order chi connectivity index (χ0) is 20.5. The molecular formula is C17H16ClF3N2O4S. The van der Waals surface area contributed by atoms with Gasteiger partial charge in [0.15, 0.2) is 0 Å². The van der Waals surface area contributed by atoms with Crippen molar-refractivity contribution >= 4 is 27.5 Å². The van der Waals surface area contributed by atoms with Crippen LogP contribution < -0.4 is 5.32 Å². The van der Waals surface area contributed by atoms with E-state index in [-0.39, 0.29) is 23.4 Å². The summed E-state index contributed by atoms with van der Waals surface area (Å²) in [6.45, 7) is -0.911. The van der Waals surface area contributed by atoms with Crippen LogP contribution in [0.15, 0.2) is 45.9 Å². The summed E-state index contributed by atoms with van der Waals surface area (Å²) in [5, 5.41) is 2.27. The van der Waals surface area contributed by atoms with E-state index < -0.39 is 39.1 Å². The molecule has 1 aromatic heterocycles. The van der Waals surface area contributed by atoms with E-state index in [1.165, 1.54) is 18.4 Å². The van der Waals surface area contributed by atoms with E-state index in [9.17, 15) is 26.4 Å². The Morgan fingerprint density at radius 3 is 2.57 bits per heavy atom. The number of hydrogen-bond acceptors (Lipinski definition) is 4. The van der Waals surface area contributed by atoms with Crippen molar-refractivity contribution in [3.63, 3.8) is 0 Å². The highest BCUT2D eigenvalue weighted by Gasteiger charge is 2.35. The van der Waals surface area contributed by atoms with Crippen LogP contribution in [-0.2, 0) is 27.5 Å². The minimum Gasteiger partial charge on any atom is -0.468 e. The number of furan rings is 1. The van der Waals surface area contributed by atoms with Crippen molar-refractivity contribution in [1.29, 1.82) is 0 Å². The van der Waals surface area contributed by atoms with Gasteiger partial charge in [0.2, 0.25) is 15.9 Å². The average Bonchev–Trinajstić information content (AvgIpc) is 3.25. The molecule has 1 aromatic carbocycles. The first-order valence-electron chi connectivity index (χ1n) is 8.26. The molecule has 1 aliphatic rings. The number of benzene rings is 1. The van der Waals surface area contributed by atoms with Crippen molar-refractivity contribution in [2.24, 2.45) is 0 Å². The highest BCUT2D eigenvalue weighted by molar-refractivity contribution is 7.89. The van der Waals surface area contributed by atoms with Crippen LogP contribution in [-0.4, -0.2) is 31.2 Å². The summed E-state index contributed by atoms with van der Waals surface area (Å²) < 4.78 is 71.0. The molecule has 1 fully saturated rings. The lowest BCUT2D eigenvalue weighted by Gasteiger charge is -2.22. The van der Waals surface area contributed by atoms with Gasteiger partial charge < -0.3 is 9.73 Å². The summed E-state index contributed by atoms with van der Waals surface area (Å²) in [7, 11) is -4.52. The van der Waals surface area contributed by atoms with Crippen LogP contribution >= 0.6 is 11.6 Å². The molecule has 0 radical (unpaired) electrons. The Hall–Kier alpha value is -2.04. The number of rotatable bonds is 7. The van der Waals surface area contributed by atoms with E-state index in [2.05, 4.69) is 5.32 Å². The van der Waals surface area contributed by atoms with Crippen LogP contribution in [0.3, 0.4) is 0 Å². The Labute approximate surface area is 164 Å². The molecule has 0 bridgehead atoms. The van der Waals surface area contributed by atoms with E-state index in [1.54, 1.807) is 0 Å². The van der Waals surface area contributed by atoms with Crippen molar-refractivity contribution < 1.29 is 30.8 Å². The van der Waals surface area contributed by atoms with Crippen molar-refractivity contribution in [1.82, 2.24) is 9.62 Å². The van der Waals surface area contributed by atoms with Crippen molar-refractivity contribution in [2.75, 3.05) is 6.54 Å². The fourth-order valence-electron chi connectivity index (χ4n) is 2.48. The first-order valence-corrected chi connectivity index (χ1v) is 10.1. The summed E-state index contributed by atoms with van der Waals surface area (Å²) in [4.78, 5) is 11.4. The topological polar surface area (TPSA) is 79.6 Å². The maximum atomic E-state index is 13.0. The van der Waals surface area contributed by atoms with Crippen LogP contribution in [0.2, 0.25) is 5.02 Å². The second kappa shape index (κ2) is 7.76. The Balaban J connectivity index is 1.95. The van der Waals surface area contributed by atoms with Crippen LogP contribution in [0, 0.1) is 0 Å². The van der Waals surface area contributed by atoms with Gasteiger partial charge in [0.1, 0.15) is 10.7 Å². The van der Waals surface area contributed by atoms with Gasteiger partial charge in [-0.1, -0.05) is 11.6 Å². The Morgan fingerprint density at radius 2 is 2.00 bits per heavy atom. The molecular weight excluding hydrogens is 421 g/mol. The second-order valence-electron chi connectivity index (χ2n) is 6.34. The third-order valence-electron chi connectivity index (χ3n) is 4.05. The minimum absolute atomic E-state index is 0.00203. The smallest absolute Gasteiger partial charge is 0.416 e. The maximum absolute atomic E-state index is 13.0. The van der Waals surface area contributed by atoms with Gasteiger partial charge in [-0.05, 0) is 43.2 Å². The van der Waals surface area contributed by atoms with Crippen molar-refractivity contribution in [3.05, 3.63) is 52.9 Å². The van der Waals surface area contributed by atoms with Crippen LogP contribution in [0.25, 0.3) is 0 Å². The fourth-order valence-corrected chi connectivity index (χ4v) is 4.34. The van der Waals surface area contributed by atoms with Crippen molar-refractivity contribution in [2.45, 2.75) is 36.5 Å². The van der Waals surface area contributed by atoms with E-state index in [0.717, 1.165) is 23.2 Å². The number of nitrogens with zero attached hydrogens (tertiary/aromatic N) is 1. The average molecular weight is 437 g/mol. The van der Waals surface area contributed by atoms with Crippen LogP contribution in [0.4, 0.5) is 13.2 Å². The molecule has 0 aliphatic heterocycles. The number of sulfonamides is 1. The van der Waals surface area contributed by atoms with Gasteiger partial charge in [-0.15, -0.1) is 0 Å². The third-order valence-corrected chi connectivity index (χ3v) is 6.32. The second-order valence-corrected chi connectivity index (χ2v) is 8.65. The lowest BCUT2D eigenvalue weighted by atomic mass is 10.2. The van der Waals surface area contributed by atoms with Crippen LogP contribution in [0.5, 0.6) is 0 Å². The normalized spacial score (nSPS) is 15.0. The zero-order valence-corrected chi connectivity index (χ0v) is 15.9. The van der Waals surface area contributed by atoms with Crippen LogP contribution in [0.1, 0.15) is 24.2 Å². The molecule has 1 N–H and O–H groups in total. The summed E-state index contributed by atoms with van der Waals surface area (Å²) in [6, 6.07) is 5.05. The third kappa shape index (κ3) is 4.86. The molecule has 152 valence electrons. The fraction of sp³-hybridized carbons (Fsp3) is 0.353. The van der Waals surface area contributed by atoms with Gasteiger partial charge in [0.25, 0.3) is 0 Å². The minimum atomic E-state index is -4.75. The Bertz CT molecular complexity index is 957. The molecule has 6 nitrogen and oxygen atoms in total. The molecule has 28 heavy (non-hydrogen) atoms. The molecule has 3 rings (SSSR count). The van der Waals surface area contributed by atoms with Gasteiger partial charge >= 0.3 is 6.18 Å². The lowest BCUT2D eigenvalue weighted by Crippen LogP contribution is -2.41. The highest BCUT2D eigenvalue weighted by Crippen LogP contribution is 2.34. The predicted octanol–water partition coefficient (Wildman–Crippen LogP) is 3.42. The largest absolute Gasteiger partial charge is 0.468 e. The number of hydrogen-bond donors (Lipinski definition) is 1. The van der Waals surface area contributed by atoms with Crippen molar-refractivity contribution in [3.8, 4) is 0 Å². The van der Waals surface area contributed by atoms with E-state index in [4.69, 9.17) is 16.0 Å². The first-order chi connectivity index (χ1) is 13.1. The summed E-state index contributed by atoms with van der Waals surface area (Å²) in [5.41, 5.74) is -1.16. The Kier molecular flexibility index (Phi) is 5.74. The number of nitrogens with one attached hydrogen (secondary N) is 1. The SMILES string of the molecule is O=C(CN(Cc1ccco1)S(=O)(=O)c1cc(C(F)(F)F)ccc1Cl)NC1CC1. The molecule has 1 saturated carbocycles. The van der Waals surface area contributed by atoms with E-state index in [1.807, 2.05) is 0 Å². The van der Waals surface area contributed by atoms with Gasteiger partial charge in [0, 0.05) is 6.04 Å². The molecule has 0 spiro atoms. The number of alkyl halides is 3. The lowest BCUT2D eigenvalue weighted by molar-refractivity contribution is -0.137. The zero-order valence-electron chi connectivity index (χ0n) is 14.4. The number of halogens is 4. The monoisotopic (exact) mass is 436 g/mol. The summed E-state index contributed by atoms with van der Waals surface area (Å²) in [5.74, 6) is -0.327. The van der Waals surface area contributed by atoms with Gasteiger partial charge in [-0.25, -0.2) is 8.42 Å². The molecule has 0 saturated heterocycles. The highest BCUT2D eigenvalue weighted by atomic mass is 35.5. The maximum Gasteiger partial charge on any atom is 0.416 e. The van der Waals surface area contributed by atoms with Gasteiger partial charge in [-0.2, -0.15) is 17.5 Å². The molecule has 0 unspecified atom stereocenters. The predicted molar refractivity (Wildman–Crippen MR) is 93.9 cm³/mol. The molecule has 0 atom stereocenters. The van der Waals surface area contributed by atoms with Gasteiger partial charge in [-0.3, -0.25) is 4.79 Å². The summed E-state index contributed by atoms with van der Waals surface area (Å²) >= 11 is 5.89. The van der Waals surface area contributed by atoms with Gasteiger partial charge in [0.05, 0.1) is 29.9 Å². The molecule has 2 aromatic rings. The molecule has 11 heteroatoms. The summed E-state index contributed by atoms with van der Waals surface area (Å²) in [6.07, 6.45) is -1.82. The van der Waals surface area contributed by atoms with E-state index >= 15 is 0 Å². The molecule has 1 amide bonds. The number of carbonyl (C=O) groups is 1. The quantitative estimate of drug-likeness (QED) is 0.721.